The Morgan fingerprint density at radius 3 is 2.64 bits per heavy atom. The third-order valence-electron chi connectivity index (χ3n) is 5.80. The number of nitrogens with zero attached hydrogens (tertiary/aromatic N) is 5. The van der Waals surface area contributed by atoms with E-state index in [9.17, 15) is 4.79 Å². The first-order valence-corrected chi connectivity index (χ1v) is 9.52. The molecule has 0 aromatic carbocycles. The third kappa shape index (κ3) is 3.79. The van der Waals surface area contributed by atoms with Gasteiger partial charge in [-0.2, -0.15) is 10.1 Å². The Balaban J connectivity index is 1.30. The number of ether oxygens (including phenoxy) is 1. The minimum absolute atomic E-state index is 0.161. The molecule has 0 unspecified atom stereocenters. The standard InChI is InChI=1S/C17H28N6O2/c24-16(21-6-8-22(9-7-21)17-18-13-19-20-17)14-2-1-5-23(12-14)15-3-10-25-11-4-15/h13-15H,1-12H2,(H,18,19,20)/t14-/m1/s1. The maximum Gasteiger partial charge on any atom is 0.227 e. The van der Waals surface area contributed by atoms with Crippen molar-refractivity contribution in [3.8, 4) is 0 Å². The van der Waals surface area contributed by atoms with E-state index in [4.69, 9.17) is 4.74 Å². The van der Waals surface area contributed by atoms with Gasteiger partial charge in [0.05, 0.1) is 5.92 Å². The first-order valence-electron chi connectivity index (χ1n) is 9.52. The number of carbonyl (C=O) groups is 1. The van der Waals surface area contributed by atoms with Gasteiger partial charge in [-0.05, 0) is 32.2 Å². The number of anilines is 1. The summed E-state index contributed by atoms with van der Waals surface area (Å²) in [6.45, 7) is 6.96. The second-order valence-electron chi connectivity index (χ2n) is 7.30. The van der Waals surface area contributed by atoms with E-state index in [2.05, 4.69) is 25.0 Å². The molecule has 8 heteroatoms. The zero-order chi connectivity index (χ0) is 17.1. The molecule has 0 aliphatic carbocycles. The van der Waals surface area contributed by atoms with Crippen LogP contribution >= 0.6 is 0 Å². The summed E-state index contributed by atoms with van der Waals surface area (Å²) in [4.78, 5) is 23.9. The van der Waals surface area contributed by atoms with Crippen molar-refractivity contribution in [2.24, 2.45) is 5.92 Å². The highest BCUT2D eigenvalue weighted by Gasteiger charge is 2.34. The number of piperidine rings is 1. The summed E-state index contributed by atoms with van der Waals surface area (Å²) >= 11 is 0. The molecule has 1 atom stereocenters. The lowest BCUT2D eigenvalue weighted by atomic mass is 9.93. The van der Waals surface area contributed by atoms with Crippen molar-refractivity contribution in [2.45, 2.75) is 31.7 Å². The van der Waals surface area contributed by atoms with Gasteiger partial charge in [-0.3, -0.25) is 9.69 Å². The smallest absolute Gasteiger partial charge is 0.227 e. The van der Waals surface area contributed by atoms with Gasteiger partial charge in [-0.25, -0.2) is 5.10 Å². The van der Waals surface area contributed by atoms with Gasteiger partial charge in [0.15, 0.2) is 0 Å². The highest BCUT2D eigenvalue weighted by molar-refractivity contribution is 5.79. The molecule has 1 amide bonds. The maximum atomic E-state index is 13.0. The van der Waals surface area contributed by atoms with Crippen LogP contribution in [0.1, 0.15) is 25.7 Å². The molecule has 3 fully saturated rings. The summed E-state index contributed by atoms with van der Waals surface area (Å²) in [5.41, 5.74) is 0. The van der Waals surface area contributed by atoms with Crippen LogP contribution in [0.4, 0.5) is 5.95 Å². The summed E-state index contributed by atoms with van der Waals surface area (Å²) < 4.78 is 5.48. The van der Waals surface area contributed by atoms with Crippen molar-refractivity contribution in [3.63, 3.8) is 0 Å². The van der Waals surface area contributed by atoms with Crippen molar-refractivity contribution in [1.29, 1.82) is 0 Å². The molecule has 1 aromatic heterocycles. The van der Waals surface area contributed by atoms with Gasteiger partial charge in [0.2, 0.25) is 11.9 Å². The van der Waals surface area contributed by atoms with E-state index in [1.165, 1.54) is 6.33 Å². The quantitative estimate of drug-likeness (QED) is 0.849. The molecule has 3 saturated heterocycles. The van der Waals surface area contributed by atoms with Crippen LogP contribution in [0.25, 0.3) is 0 Å². The van der Waals surface area contributed by atoms with Gasteiger partial charge in [-0.15, -0.1) is 0 Å². The zero-order valence-electron chi connectivity index (χ0n) is 14.8. The number of likely N-dealkylation sites (tertiary alicyclic amines) is 1. The average Bonchev–Trinajstić information content (AvgIpc) is 3.23. The Hall–Kier alpha value is -1.67. The minimum atomic E-state index is 0.161. The van der Waals surface area contributed by atoms with Gasteiger partial charge >= 0.3 is 0 Å². The van der Waals surface area contributed by atoms with Crippen LogP contribution in [0, 0.1) is 5.92 Å². The molecule has 138 valence electrons. The topological polar surface area (TPSA) is 77.6 Å². The second-order valence-corrected chi connectivity index (χ2v) is 7.30. The molecular weight excluding hydrogens is 320 g/mol. The van der Waals surface area contributed by atoms with Gasteiger partial charge in [-0.1, -0.05) is 0 Å². The van der Waals surface area contributed by atoms with E-state index < -0.39 is 0 Å². The maximum absolute atomic E-state index is 13.0. The predicted octanol–water partition coefficient (Wildman–Crippen LogP) is 0.344. The monoisotopic (exact) mass is 348 g/mol. The molecule has 4 heterocycles. The summed E-state index contributed by atoms with van der Waals surface area (Å²) in [7, 11) is 0. The molecule has 0 radical (unpaired) electrons. The molecule has 4 rings (SSSR count). The third-order valence-corrected chi connectivity index (χ3v) is 5.80. The number of amides is 1. The lowest BCUT2D eigenvalue weighted by Gasteiger charge is -2.42. The van der Waals surface area contributed by atoms with Gasteiger partial charge in [0, 0.05) is 52.0 Å². The number of rotatable bonds is 3. The molecule has 1 aromatic rings. The summed E-state index contributed by atoms with van der Waals surface area (Å²) in [5, 5.41) is 6.81. The summed E-state index contributed by atoms with van der Waals surface area (Å²) in [6.07, 6.45) is 5.90. The Kier molecular flexibility index (Phi) is 5.17. The van der Waals surface area contributed by atoms with Crippen LogP contribution in [0.2, 0.25) is 0 Å². The van der Waals surface area contributed by atoms with Crippen molar-refractivity contribution in [3.05, 3.63) is 6.33 Å². The number of piperazine rings is 1. The molecule has 0 spiro atoms. The molecule has 3 aliphatic rings. The van der Waals surface area contributed by atoms with E-state index in [0.717, 1.165) is 84.1 Å². The molecule has 25 heavy (non-hydrogen) atoms. The first kappa shape index (κ1) is 16.8. The van der Waals surface area contributed by atoms with Gasteiger partial charge in [0.25, 0.3) is 0 Å². The zero-order valence-corrected chi connectivity index (χ0v) is 14.8. The normalized spacial score (nSPS) is 26.8. The highest BCUT2D eigenvalue weighted by Crippen LogP contribution is 2.25. The van der Waals surface area contributed by atoms with E-state index in [0.29, 0.717) is 11.9 Å². The van der Waals surface area contributed by atoms with Crippen molar-refractivity contribution >= 4 is 11.9 Å². The second kappa shape index (κ2) is 7.70. The van der Waals surface area contributed by atoms with E-state index >= 15 is 0 Å². The molecule has 1 N–H and O–H groups in total. The van der Waals surface area contributed by atoms with Crippen LogP contribution in [-0.2, 0) is 9.53 Å². The number of aromatic amines is 1. The lowest BCUT2D eigenvalue weighted by molar-refractivity contribution is -0.138. The largest absolute Gasteiger partial charge is 0.381 e. The van der Waals surface area contributed by atoms with Crippen LogP contribution in [-0.4, -0.2) is 89.4 Å². The lowest BCUT2D eigenvalue weighted by Crippen LogP contribution is -2.54. The van der Waals surface area contributed by atoms with Crippen molar-refractivity contribution in [2.75, 3.05) is 57.4 Å². The SMILES string of the molecule is O=C([C@@H]1CCCN(C2CCOCC2)C1)N1CCN(c2ncn[nH]2)CC1. The van der Waals surface area contributed by atoms with E-state index in [1.807, 2.05) is 4.90 Å². The Morgan fingerprint density at radius 2 is 1.92 bits per heavy atom. The van der Waals surface area contributed by atoms with Crippen molar-refractivity contribution < 1.29 is 9.53 Å². The Bertz CT molecular complexity index is 551. The summed E-state index contributed by atoms with van der Waals surface area (Å²) in [6, 6.07) is 0.604. The number of nitrogens with one attached hydrogen (secondary N) is 1. The predicted molar refractivity (Wildman–Crippen MR) is 93.3 cm³/mol. The number of H-pyrrole nitrogens is 1. The molecule has 0 bridgehead atoms. The van der Waals surface area contributed by atoms with Crippen molar-refractivity contribution in [1.82, 2.24) is 25.0 Å². The first-order chi connectivity index (χ1) is 12.3. The van der Waals surface area contributed by atoms with Crippen LogP contribution in [0.5, 0.6) is 0 Å². The molecule has 8 nitrogen and oxygen atoms in total. The molecule has 3 aliphatic heterocycles. The van der Waals surface area contributed by atoms with Gasteiger partial charge in [0.1, 0.15) is 6.33 Å². The Labute approximate surface area is 148 Å². The van der Waals surface area contributed by atoms with E-state index in [1.54, 1.807) is 0 Å². The Morgan fingerprint density at radius 1 is 1.12 bits per heavy atom. The number of hydrogen-bond acceptors (Lipinski definition) is 6. The van der Waals surface area contributed by atoms with E-state index in [-0.39, 0.29) is 5.92 Å². The molecular formula is C17H28N6O2. The average molecular weight is 348 g/mol. The summed E-state index contributed by atoms with van der Waals surface area (Å²) in [5.74, 6) is 1.30. The number of aromatic nitrogens is 3. The minimum Gasteiger partial charge on any atom is -0.381 e. The fourth-order valence-electron chi connectivity index (χ4n) is 4.34. The highest BCUT2D eigenvalue weighted by atomic mass is 16.5. The van der Waals surface area contributed by atoms with Gasteiger partial charge < -0.3 is 14.5 Å². The molecule has 0 saturated carbocycles. The fraction of sp³-hybridized carbons (Fsp3) is 0.824. The van der Waals surface area contributed by atoms with Crippen LogP contribution in [0.15, 0.2) is 6.33 Å². The number of carbonyl (C=O) groups excluding carboxylic acids is 1. The van der Waals surface area contributed by atoms with Crippen LogP contribution < -0.4 is 4.90 Å². The van der Waals surface area contributed by atoms with Crippen LogP contribution in [0.3, 0.4) is 0 Å². The fourth-order valence-corrected chi connectivity index (χ4v) is 4.34. The number of hydrogen-bond donors (Lipinski definition) is 1.